The molecule has 0 spiro atoms. The molecule has 1 aliphatic rings. The maximum atomic E-state index is 13.0. The molecule has 1 fully saturated rings. The van der Waals surface area contributed by atoms with E-state index in [9.17, 15) is 18.0 Å². The second-order valence-electron chi connectivity index (χ2n) is 7.22. The van der Waals surface area contributed by atoms with Gasteiger partial charge in [0.2, 0.25) is 0 Å². The summed E-state index contributed by atoms with van der Waals surface area (Å²) in [5.41, 5.74) is 0.746. The van der Waals surface area contributed by atoms with Gasteiger partial charge in [-0.15, -0.1) is 0 Å². The van der Waals surface area contributed by atoms with Crippen LogP contribution in [0.4, 0.5) is 30.4 Å². The van der Waals surface area contributed by atoms with E-state index in [1.165, 1.54) is 12.1 Å². The molecule has 1 aromatic heterocycles. The van der Waals surface area contributed by atoms with E-state index in [0.29, 0.717) is 24.5 Å². The summed E-state index contributed by atoms with van der Waals surface area (Å²) in [6, 6.07) is 18.0. The molecule has 2 heterocycles. The van der Waals surface area contributed by atoms with Crippen molar-refractivity contribution >= 4 is 23.1 Å². The number of nitrogens with one attached hydrogen (secondary N) is 1. The van der Waals surface area contributed by atoms with Gasteiger partial charge in [-0.05, 0) is 42.5 Å². The average molecular weight is 462 g/mol. The maximum absolute atomic E-state index is 13.0. The van der Waals surface area contributed by atoms with Crippen LogP contribution in [0.25, 0.3) is 0 Å². The Morgan fingerprint density at radius 3 is 2.25 bits per heavy atom. The standard InChI is InChI=1S/C23H21F3N4O.ClH/c24-23(25,26)17-6-4-7-18(16-17)28-22(31)20-10-5-11-27-21(20)30-14-12-29(13-15-30)19-8-2-1-3-9-19;/h1-11,16H,12-15H2,(H,28,31);1H/p-1. The fourth-order valence-corrected chi connectivity index (χ4v) is 3.61. The number of hydrogen-bond acceptors (Lipinski definition) is 4. The smallest absolute Gasteiger partial charge is 0.416 e. The first-order valence-corrected chi connectivity index (χ1v) is 9.90. The summed E-state index contributed by atoms with van der Waals surface area (Å²) < 4.78 is 38.9. The number of nitrogens with zero attached hydrogens (tertiary/aromatic N) is 3. The third-order valence-corrected chi connectivity index (χ3v) is 5.18. The summed E-state index contributed by atoms with van der Waals surface area (Å²) in [6.07, 6.45) is -2.86. The van der Waals surface area contributed by atoms with Gasteiger partial charge in [0.15, 0.2) is 0 Å². The predicted octanol–water partition coefficient (Wildman–Crippen LogP) is 1.68. The lowest BCUT2D eigenvalue weighted by Crippen LogP contribution is -3.00. The molecule has 4 rings (SSSR count). The van der Waals surface area contributed by atoms with E-state index in [0.717, 1.165) is 30.9 Å². The van der Waals surface area contributed by atoms with Crippen molar-refractivity contribution in [2.75, 3.05) is 41.3 Å². The van der Waals surface area contributed by atoms with E-state index in [2.05, 4.69) is 27.3 Å². The SMILES string of the molecule is O=C(Nc1cccc(C(F)(F)F)c1)c1cccnc1N1CCN(c2ccccc2)CC1.[Cl-]. The van der Waals surface area contributed by atoms with E-state index in [1.807, 2.05) is 23.1 Å². The Morgan fingerprint density at radius 2 is 1.56 bits per heavy atom. The van der Waals surface area contributed by atoms with Gasteiger partial charge in [-0.25, -0.2) is 4.98 Å². The lowest BCUT2D eigenvalue weighted by Gasteiger charge is -2.37. The molecule has 9 heteroatoms. The van der Waals surface area contributed by atoms with Crippen molar-refractivity contribution in [3.63, 3.8) is 0 Å². The highest BCUT2D eigenvalue weighted by Gasteiger charge is 2.30. The fraction of sp³-hybridized carbons (Fsp3) is 0.217. The molecule has 2 aromatic carbocycles. The number of carbonyl (C=O) groups is 1. The number of anilines is 3. The van der Waals surface area contributed by atoms with Gasteiger partial charge in [-0.2, -0.15) is 13.2 Å². The predicted molar refractivity (Wildman–Crippen MR) is 115 cm³/mol. The molecule has 1 amide bonds. The second kappa shape index (κ2) is 9.91. The molecule has 3 aromatic rings. The van der Waals surface area contributed by atoms with E-state index in [4.69, 9.17) is 0 Å². The maximum Gasteiger partial charge on any atom is 0.416 e. The fourth-order valence-electron chi connectivity index (χ4n) is 3.61. The minimum absolute atomic E-state index is 0. The van der Waals surface area contributed by atoms with Crippen molar-refractivity contribution in [2.45, 2.75) is 6.18 Å². The number of aromatic nitrogens is 1. The Bertz CT molecular complexity index is 1050. The van der Waals surface area contributed by atoms with Crippen LogP contribution in [-0.2, 0) is 6.18 Å². The Balaban J connectivity index is 0.00000289. The number of amides is 1. The molecule has 0 saturated carbocycles. The van der Waals surface area contributed by atoms with Gasteiger partial charge >= 0.3 is 6.18 Å². The van der Waals surface area contributed by atoms with E-state index in [-0.39, 0.29) is 18.1 Å². The van der Waals surface area contributed by atoms with Crippen molar-refractivity contribution in [1.29, 1.82) is 0 Å². The van der Waals surface area contributed by atoms with Crippen molar-refractivity contribution in [1.82, 2.24) is 4.98 Å². The van der Waals surface area contributed by atoms with Gasteiger partial charge in [0.25, 0.3) is 5.91 Å². The molecule has 0 radical (unpaired) electrons. The lowest BCUT2D eigenvalue weighted by atomic mass is 10.1. The number of piperazine rings is 1. The monoisotopic (exact) mass is 461 g/mol. The first-order valence-electron chi connectivity index (χ1n) is 9.90. The molecule has 0 unspecified atom stereocenters. The van der Waals surface area contributed by atoms with Crippen LogP contribution in [0, 0.1) is 0 Å². The second-order valence-corrected chi connectivity index (χ2v) is 7.22. The zero-order valence-corrected chi connectivity index (χ0v) is 17.8. The van der Waals surface area contributed by atoms with Crippen LogP contribution in [0.3, 0.4) is 0 Å². The summed E-state index contributed by atoms with van der Waals surface area (Å²) in [6.45, 7) is 2.90. The van der Waals surface area contributed by atoms with Crippen LogP contribution in [0.5, 0.6) is 0 Å². The minimum atomic E-state index is -4.47. The molecule has 0 aliphatic carbocycles. The number of para-hydroxylation sites is 1. The van der Waals surface area contributed by atoms with Crippen molar-refractivity contribution in [3.8, 4) is 0 Å². The molecule has 0 bridgehead atoms. The zero-order chi connectivity index (χ0) is 21.8. The quantitative estimate of drug-likeness (QED) is 0.642. The van der Waals surface area contributed by atoms with Crippen molar-refractivity contribution in [3.05, 3.63) is 84.1 Å². The van der Waals surface area contributed by atoms with Crippen LogP contribution >= 0.6 is 0 Å². The number of benzene rings is 2. The number of hydrogen-bond donors (Lipinski definition) is 1. The normalized spacial score (nSPS) is 14.0. The topological polar surface area (TPSA) is 48.5 Å². The molecular formula is C23H21ClF3N4O-. The summed E-state index contributed by atoms with van der Waals surface area (Å²) in [5, 5.41) is 2.57. The number of pyridine rings is 1. The summed E-state index contributed by atoms with van der Waals surface area (Å²) >= 11 is 0. The van der Waals surface area contributed by atoms with Crippen molar-refractivity contribution in [2.24, 2.45) is 0 Å². The minimum Gasteiger partial charge on any atom is -1.00 e. The number of rotatable bonds is 4. The van der Waals surface area contributed by atoms with Gasteiger partial charge in [0.05, 0.1) is 11.1 Å². The molecule has 1 saturated heterocycles. The Morgan fingerprint density at radius 1 is 0.875 bits per heavy atom. The average Bonchev–Trinajstić information content (AvgIpc) is 2.79. The van der Waals surface area contributed by atoms with E-state index in [1.54, 1.807) is 18.3 Å². The Hall–Kier alpha value is -3.26. The third-order valence-electron chi connectivity index (χ3n) is 5.18. The van der Waals surface area contributed by atoms with Gasteiger partial charge in [0.1, 0.15) is 5.82 Å². The summed E-state index contributed by atoms with van der Waals surface area (Å²) in [7, 11) is 0. The van der Waals surface area contributed by atoms with E-state index >= 15 is 0 Å². The molecule has 1 aliphatic heterocycles. The first-order chi connectivity index (χ1) is 14.9. The van der Waals surface area contributed by atoms with Gasteiger partial charge < -0.3 is 27.5 Å². The molecule has 168 valence electrons. The molecule has 5 nitrogen and oxygen atoms in total. The van der Waals surface area contributed by atoms with Crippen LogP contribution < -0.4 is 27.5 Å². The van der Waals surface area contributed by atoms with Gasteiger partial charge in [-0.3, -0.25) is 4.79 Å². The molecule has 0 atom stereocenters. The number of alkyl halides is 3. The lowest BCUT2D eigenvalue weighted by molar-refractivity contribution is -0.137. The Kier molecular flexibility index (Phi) is 7.25. The molecule has 32 heavy (non-hydrogen) atoms. The van der Waals surface area contributed by atoms with Gasteiger partial charge in [-0.1, -0.05) is 24.3 Å². The first kappa shape index (κ1) is 23.4. The summed E-state index contributed by atoms with van der Waals surface area (Å²) in [4.78, 5) is 21.5. The Labute approximate surface area is 190 Å². The number of halogens is 4. The summed E-state index contributed by atoms with van der Waals surface area (Å²) in [5.74, 6) is 0.0348. The number of carbonyl (C=O) groups excluding carboxylic acids is 1. The van der Waals surface area contributed by atoms with Crippen LogP contribution in [0.2, 0.25) is 0 Å². The zero-order valence-electron chi connectivity index (χ0n) is 17.0. The van der Waals surface area contributed by atoms with Gasteiger partial charge in [0, 0.05) is 43.8 Å². The highest BCUT2D eigenvalue weighted by atomic mass is 35.5. The highest BCUT2D eigenvalue weighted by molar-refractivity contribution is 6.07. The van der Waals surface area contributed by atoms with Crippen molar-refractivity contribution < 1.29 is 30.4 Å². The third kappa shape index (κ3) is 5.31. The highest BCUT2D eigenvalue weighted by Crippen LogP contribution is 2.31. The molecular weight excluding hydrogens is 441 g/mol. The van der Waals surface area contributed by atoms with Crippen LogP contribution in [0.1, 0.15) is 15.9 Å². The van der Waals surface area contributed by atoms with Crippen LogP contribution in [0.15, 0.2) is 72.9 Å². The molecule has 1 N–H and O–H groups in total. The van der Waals surface area contributed by atoms with E-state index < -0.39 is 17.6 Å². The largest absolute Gasteiger partial charge is 1.00 e. The van der Waals surface area contributed by atoms with Crippen LogP contribution in [-0.4, -0.2) is 37.1 Å².